The average Bonchev–Trinajstić information content (AvgIpc) is 3.46. The Morgan fingerprint density at radius 3 is 2.65 bits per heavy atom. The minimum absolute atomic E-state index is 0.252. The van der Waals surface area contributed by atoms with E-state index in [2.05, 4.69) is 28.6 Å². The number of methoxy groups -OCH3 is 2. The highest BCUT2D eigenvalue weighted by molar-refractivity contribution is 5.77. The van der Waals surface area contributed by atoms with Crippen molar-refractivity contribution in [3.05, 3.63) is 18.0 Å². The molecule has 26 heavy (non-hydrogen) atoms. The molecule has 144 valence electrons. The number of aromatic nitrogens is 1. The Labute approximate surface area is 156 Å². The summed E-state index contributed by atoms with van der Waals surface area (Å²) in [6, 6.07) is 2.06. The Morgan fingerprint density at radius 1 is 1.27 bits per heavy atom. The maximum absolute atomic E-state index is 12.8. The van der Waals surface area contributed by atoms with Gasteiger partial charge in [-0.2, -0.15) is 0 Å². The Hall–Kier alpha value is -1.82. The highest BCUT2D eigenvalue weighted by atomic mass is 16.5. The summed E-state index contributed by atoms with van der Waals surface area (Å²) < 4.78 is 10.9. The smallest absolute Gasteiger partial charge is 0.224 e. The van der Waals surface area contributed by atoms with Gasteiger partial charge in [0.2, 0.25) is 5.91 Å². The molecule has 6 heteroatoms. The Kier molecular flexibility index (Phi) is 6.01. The normalized spacial score (nSPS) is 21.8. The van der Waals surface area contributed by atoms with Crippen LogP contribution in [0.4, 0.5) is 0 Å². The van der Waals surface area contributed by atoms with Crippen LogP contribution < -0.4 is 9.47 Å². The number of amides is 1. The molecule has 1 aromatic heterocycles. The second kappa shape index (κ2) is 8.25. The van der Waals surface area contributed by atoms with E-state index in [1.165, 1.54) is 12.8 Å². The summed E-state index contributed by atoms with van der Waals surface area (Å²) in [7, 11) is 3.28. The van der Waals surface area contributed by atoms with Crippen molar-refractivity contribution in [3.8, 4) is 11.5 Å². The topological polar surface area (TPSA) is 54.9 Å². The largest absolute Gasteiger partial charge is 0.493 e. The lowest BCUT2D eigenvalue weighted by atomic mass is 10.0. The third-order valence-corrected chi connectivity index (χ3v) is 5.47. The van der Waals surface area contributed by atoms with Crippen molar-refractivity contribution in [1.82, 2.24) is 14.8 Å². The van der Waals surface area contributed by atoms with Gasteiger partial charge in [0.15, 0.2) is 11.5 Å². The first-order chi connectivity index (χ1) is 12.5. The van der Waals surface area contributed by atoms with Gasteiger partial charge in [0.25, 0.3) is 0 Å². The van der Waals surface area contributed by atoms with E-state index in [9.17, 15) is 4.79 Å². The van der Waals surface area contributed by atoms with Crippen LogP contribution in [-0.2, 0) is 11.3 Å². The van der Waals surface area contributed by atoms with Gasteiger partial charge in [0, 0.05) is 50.9 Å². The van der Waals surface area contributed by atoms with Gasteiger partial charge in [-0.3, -0.25) is 14.7 Å². The molecular formula is C20H31N3O3. The lowest BCUT2D eigenvalue weighted by molar-refractivity contribution is -0.133. The minimum atomic E-state index is 0.252. The number of ether oxygens (including phenoxy) is 2. The zero-order valence-corrected chi connectivity index (χ0v) is 16.4. The average molecular weight is 361 g/mol. The summed E-state index contributed by atoms with van der Waals surface area (Å²) in [5.74, 6) is 2.81. The van der Waals surface area contributed by atoms with Crippen LogP contribution >= 0.6 is 0 Å². The van der Waals surface area contributed by atoms with Gasteiger partial charge in [-0.15, -0.1) is 0 Å². The van der Waals surface area contributed by atoms with E-state index in [1.54, 1.807) is 20.4 Å². The van der Waals surface area contributed by atoms with Crippen molar-refractivity contribution in [3.63, 3.8) is 0 Å². The Morgan fingerprint density at radius 2 is 2.04 bits per heavy atom. The van der Waals surface area contributed by atoms with Crippen molar-refractivity contribution in [2.45, 2.75) is 45.7 Å². The predicted molar refractivity (Wildman–Crippen MR) is 100 cm³/mol. The van der Waals surface area contributed by atoms with Crippen molar-refractivity contribution < 1.29 is 14.3 Å². The third-order valence-electron chi connectivity index (χ3n) is 5.47. The van der Waals surface area contributed by atoms with Crippen LogP contribution in [0.25, 0.3) is 0 Å². The van der Waals surface area contributed by atoms with Crippen molar-refractivity contribution >= 4 is 5.91 Å². The first kappa shape index (κ1) is 19.0. The molecule has 1 unspecified atom stereocenters. The molecule has 1 aliphatic carbocycles. The summed E-state index contributed by atoms with van der Waals surface area (Å²) >= 11 is 0. The number of carbonyl (C=O) groups is 1. The van der Waals surface area contributed by atoms with E-state index in [0.717, 1.165) is 25.3 Å². The van der Waals surface area contributed by atoms with Crippen molar-refractivity contribution in [2.24, 2.45) is 11.8 Å². The number of rotatable bonds is 7. The molecule has 1 atom stereocenters. The summed E-state index contributed by atoms with van der Waals surface area (Å²) in [6.45, 7) is 7.64. The molecule has 2 heterocycles. The van der Waals surface area contributed by atoms with Gasteiger partial charge < -0.3 is 14.4 Å². The molecular weight excluding hydrogens is 330 g/mol. The number of hydrogen-bond acceptors (Lipinski definition) is 5. The van der Waals surface area contributed by atoms with E-state index in [1.807, 2.05) is 6.07 Å². The van der Waals surface area contributed by atoms with Crippen molar-refractivity contribution in [1.29, 1.82) is 0 Å². The summed E-state index contributed by atoms with van der Waals surface area (Å²) in [6.07, 6.45) is 4.85. The number of nitrogens with zero attached hydrogens (tertiary/aromatic N) is 3. The standard InChI is InChI=1S/C20H31N3O3/c1-14(2)17-13-22(10-8-19(24)23(17)11-15-5-6-15)12-16-20(26-4)18(25-3)7-9-21-16/h7,9,14-15,17H,5-6,8,10-13H2,1-4H3. The first-order valence-corrected chi connectivity index (χ1v) is 9.61. The third kappa shape index (κ3) is 4.29. The molecule has 1 aromatic rings. The van der Waals surface area contributed by atoms with Gasteiger partial charge in [0.1, 0.15) is 5.69 Å². The van der Waals surface area contributed by atoms with Gasteiger partial charge in [0.05, 0.1) is 14.2 Å². The van der Waals surface area contributed by atoms with Crippen LogP contribution in [0.15, 0.2) is 12.3 Å². The highest BCUT2D eigenvalue weighted by Gasteiger charge is 2.35. The lowest BCUT2D eigenvalue weighted by Crippen LogP contribution is -2.47. The van der Waals surface area contributed by atoms with E-state index >= 15 is 0 Å². The Bertz CT molecular complexity index is 631. The molecule has 1 aliphatic heterocycles. The van der Waals surface area contributed by atoms with E-state index < -0.39 is 0 Å². The maximum Gasteiger partial charge on any atom is 0.224 e. The zero-order chi connectivity index (χ0) is 18.7. The zero-order valence-electron chi connectivity index (χ0n) is 16.4. The summed E-state index contributed by atoms with van der Waals surface area (Å²) in [4.78, 5) is 21.7. The van der Waals surface area contributed by atoms with Gasteiger partial charge in [-0.1, -0.05) is 13.8 Å². The van der Waals surface area contributed by atoms with Crippen LogP contribution in [0.3, 0.4) is 0 Å². The molecule has 0 radical (unpaired) electrons. The quantitative estimate of drug-likeness (QED) is 0.747. The molecule has 1 saturated heterocycles. The molecule has 6 nitrogen and oxygen atoms in total. The predicted octanol–water partition coefficient (Wildman–Crippen LogP) is 2.57. The molecule has 0 bridgehead atoms. The van der Waals surface area contributed by atoms with Gasteiger partial charge in [-0.05, 0) is 24.7 Å². The van der Waals surface area contributed by atoms with Crippen LogP contribution in [0, 0.1) is 11.8 Å². The number of hydrogen-bond donors (Lipinski definition) is 0. The summed E-state index contributed by atoms with van der Waals surface area (Å²) in [5, 5.41) is 0. The van der Waals surface area contributed by atoms with Crippen LogP contribution in [0.5, 0.6) is 11.5 Å². The van der Waals surface area contributed by atoms with E-state index in [0.29, 0.717) is 42.2 Å². The molecule has 2 fully saturated rings. The SMILES string of the molecule is COc1ccnc(CN2CCC(=O)N(CC3CC3)C(C(C)C)C2)c1OC. The van der Waals surface area contributed by atoms with Gasteiger partial charge >= 0.3 is 0 Å². The molecule has 3 rings (SSSR count). The molecule has 2 aliphatic rings. The second-order valence-electron chi connectivity index (χ2n) is 7.78. The number of carbonyl (C=O) groups excluding carboxylic acids is 1. The van der Waals surface area contributed by atoms with Crippen molar-refractivity contribution in [2.75, 3.05) is 33.9 Å². The summed E-state index contributed by atoms with van der Waals surface area (Å²) in [5.41, 5.74) is 0.859. The Balaban J connectivity index is 1.77. The molecule has 0 aromatic carbocycles. The number of pyridine rings is 1. The van der Waals surface area contributed by atoms with Crippen LogP contribution in [-0.4, -0.2) is 60.6 Å². The minimum Gasteiger partial charge on any atom is -0.493 e. The molecule has 1 saturated carbocycles. The fraction of sp³-hybridized carbons (Fsp3) is 0.700. The molecule has 0 spiro atoms. The monoisotopic (exact) mass is 361 g/mol. The molecule has 1 amide bonds. The first-order valence-electron chi connectivity index (χ1n) is 9.61. The van der Waals surface area contributed by atoms with E-state index in [-0.39, 0.29) is 6.04 Å². The van der Waals surface area contributed by atoms with E-state index in [4.69, 9.17) is 9.47 Å². The second-order valence-corrected chi connectivity index (χ2v) is 7.78. The maximum atomic E-state index is 12.8. The fourth-order valence-electron chi connectivity index (χ4n) is 3.74. The highest BCUT2D eigenvalue weighted by Crippen LogP contribution is 2.33. The fourth-order valence-corrected chi connectivity index (χ4v) is 3.74. The molecule has 0 N–H and O–H groups in total. The van der Waals surface area contributed by atoms with Crippen LogP contribution in [0.1, 0.15) is 38.8 Å². The lowest BCUT2D eigenvalue weighted by Gasteiger charge is -2.35. The van der Waals surface area contributed by atoms with Gasteiger partial charge in [-0.25, -0.2) is 0 Å². The van der Waals surface area contributed by atoms with Crippen LogP contribution in [0.2, 0.25) is 0 Å².